The number of rotatable bonds is 5. The Morgan fingerprint density at radius 2 is 2.05 bits per heavy atom. The Balaban J connectivity index is 2.15. The molecule has 0 aliphatic heterocycles. The van der Waals surface area contributed by atoms with E-state index in [2.05, 4.69) is 22.5 Å². The van der Waals surface area contributed by atoms with E-state index in [4.69, 9.17) is 0 Å². The van der Waals surface area contributed by atoms with Gasteiger partial charge in [-0.05, 0) is 49.6 Å². The van der Waals surface area contributed by atoms with Crippen LogP contribution in [0.25, 0.3) is 0 Å². The molecule has 0 fully saturated rings. The van der Waals surface area contributed by atoms with E-state index in [0.717, 1.165) is 35.6 Å². The number of benzene rings is 1. The predicted molar refractivity (Wildman–Crippen MR) is 86.9 cm³/mol. The van der Waals surface area contributed by atoms with Crippen LogP contribution in [0.5, 0.6) is 0 Å². The molecule has 1 aromatic carbocycles. The summed E-state index contributed by atoms with van der Waals surface area (Å²) in [6.07, 6.45) is 2.66. The Hall–Kier alpha value is -2.36. The first-order valence-electron chi connectivity index (χ1n) is 7.19. The summed E-state index contributed by atoms with van der Waals surface area (Å²) < 4.78 is 0. The van der Waals surface area contributed by atoms with E-state index in [1.54, 1.807) is 18.3 Å². The second-order valence-corrected chi connectivity index (χ2v) is 5.06. The molecule has 110 valence electrons. The summed E-state index contributed by atoms with van der Waals surface area (Å²) in [6, 6.07) is 9.38. The van der Waals surface area contributed by atoms with E-state index in [-0.39, 0.29) is 5.91 Å². The van der Waals surface area contributed by atoms with Crippen LogP contribution in [-0.2, 0) is 0 Å². The lowest BCUT2D eigenvalue weighted by Crippen LogP contribution is -2.14. The van der Waals surface area contributed by atoms with Crippen LogP contribution in [0.3, 0.4) is 0 Å². The SMILES string of the molecule is CCCNc1cc(C(=O)Nc2cccc(C)c2C)ccn1. The van der Waals surface area contributed by atoms with Gasteiger partial charge in [0.25, 0.3) is 5.91 Å². The second-order valence-electron chi connectivity index (χ2n) is 5.06. The molecule has 2 rings (SSSR count). The standard InChI is InChI=1S/C17H21N3O/c1-4-9-18-16-11-14(8-10-19-16)17(21)20-15-7-5-6-12(2)13(15)3/h5-8,10-11H,4,9H2,1-3H3,(H,18,19)(H,20,21). The van der Waals surface area contributed by atoms with Gasteiger partial charge in [-0.2, -0.15) is 0 Å². The molecule has 0 aliphatic rings. The average Bonchev–Trinajstić information content (AvgIpc) is 2.50. The molecule has 0 atom stereocenters. The van der Waals surface area contributed by atoms with E-state index in [9.17, 15) is 4.79 Å². The van der Waals surface area contributed by atoms with Gasteiger partial charge >= 0.3 is 0 Å². The number of aromatic nitrogens is 1. The van der Waals surface area contributed by atoms with Crippen LogP contribution < -0.4 is 10.6 Å². The average molecular weight is 283 g/mol. The summed E-state index contributed by atoms with van der Waals surface area (Å²) >= 11 is 0. The summed E-state index contributed by atoms with van der Waals surface area (Å²) in [7, 11) is 0. The van der Waals surface area contributed by atoms with Crippen LogP contribution in [0.15, 0.2) is 36.5 Å². The molecule has 1 amide bonds. The van der Waals surface area contributed by atoms with Gasteiger partial charge in [0.05, 0.1) is 0 Å². The molecule has 21 heavy (non-hydrogen) atoms. The first-order valence-corrected chi connectivity index (χ1v) is 7.19. The maximum atomic E-state index is 12.3. The van der Waals surface area contributed by atoms with Gasteiger partial charge in [-0.1, -0.05) is 19.1 Å². The molecule has 0 radical (unpaired) electrons. The molecule has 1 heterocycles. The lowest BCUT2D eigenvalue weighted by atomic mass is 10.1. The number of anilines is 2. The van der Waals surface area contributed by atoms with E-state index in [0.29, 0.717) is 5.56 Å². The van der Waals surface area contributed by atoms with E-state index in [1.807, 2.05) is 32.0 Å². The van der Waals surface area contributed by atoms with Crippen molar-refractivity contribution in [3.63, 3.8) is 0 Å². The quantitative estimate of drug-likeness (QED) is 0.878. The van der Waals surface area contributed by atoms with Gasteiger partial charge in [-0.3, -0.25) is 4.79 Å². The van der Waals surface area contributed by atoms with Gasteiger partial charge < -0.3 is 10.6 Å². The highest BCUT2D eigenvalue weighted by Gasteiger charge is 2.09. The second kappa shape index (κ2) is 6.88. The Kier molecular flexibility index (Phi) is 4.93. The van der Waals surface area contributed by atoms with Crippen LogP contribution >= 0.6 is 0 Å². The third-order valence-electron chi connectivity index (χ3n) is 3.43. The van der Waals surface area contributed by atoms with Crippen molar-refractivity contribution in [3.05, 3.63) is 53.2 Å². The minimum Gasteiger partial charge on any atom is -0.370 e. The highest BCUT2D eigenvalue weighted by atomic mass is 16.1. The van der Waals surface area contributed by atoms with Crippen molar-refractivity contribution in [2.24, 2.45) is 0 Å². The maximum Gasteiger partial charge on any atom is 0.255 e. The zero-order valence-electron chi connectivity index (χ0n) is 12.7. The Morgan fingerprint density at radius 3 is 2.81 bits per heavy atom. The molecule has 0 saturated carbocycles. The highest BCUT2D eigenvalue weighted by molar-refractivity contribution is 6.05. The Bertz CT molecular complexity index is 638. The van der Waals surface area contributed by atoms with Crippen molar-refractivity contribution >= 4 is 17.4 Å². The molecule has 4 nitrogen and oxygen atoms in total. The normalized spacial score (nSPS) is 10.2. The number of hydrogen-bond donors (Lipinski definition) is 2. The molecule has 1 aromatic heterocycles. The summed E-state index contributed by atoms with van der Waals surface area (Å²) in [5.41, 5.74) is 3.70. The minimum atomic E-state index is -0.120. The molecular formula is C17H21N3O. The summed E-state index contributed by atoms with van der Waals surface area (Å²) in [4.78, 5) is 16.5. The fourth-order valence-corrected chi connectivity index (χ4v) is 2.00. The van der Waals surface area contributed by atoms with Crippen LogP contribution in [0.1, 0.15) is 34.8 Å². The Labute approximate surface area is 125 Å². The van der Waals surface area contributed by atoms with Gasteiger partial charge in [0.2, 0.25) is 0 Å². The minimum absolute atomic E-state index is 0.120. The first-order chi connectivity index (χ1) is 10.1. The van der Waals surface area contributed by atoms with Crippen molar-refractivity contribution < 1.29 is 4.79 Å². The molecule has 2 N–H and O–H groups in total. The molecule has 2 aromatic rings. The van der Waals surface area contributed by atoms with Crippen LogP contribution in [0.4, 0.5) is 11.5 Å². The van der Waals surface area contributed by atoms with Crippen molar-refractivity contribution in [2.45, 2.75) is 27.2 Å². The van der Waals surface area contributed by atoms with Gasteiger partial charge in [-0.25, -0.2) is 4.98 Å². The first kappa shape index (κ1) is 15.0. The van der Waals surface area contributed by atoms with Crippen molar-refractivity contribution in [3.8, 4) is 0 Å². The van der Waals surface area contributed by atoms with Gasteiger partial charge in [-0.15, -0.1) is 0 Å². The number of amides is 1. The molecule has 4 heteroatoms. The number of aryl methyl sites for hydroxylation is 1. The lowest BCUT2D eigenvalue weighted by molar-refractivity contribution is 0.102. The Morgan fingerprint density at radius 1 is 1.24 bits per heavy atom. The van der Waals surface area contributed by atoms with E-state index < -0.39 is 0 Å². The molecule has 0 aliphatic carbocycles. The molecular weight excluding hydrogens is 262 g/mol. The van der Waals surface area contributed by atoms with Crippen molar-refractivity contribution in [1.82, 2.24) is 4.98 Å². The lowest BCUT2D eigenvalue weighted by Gasteiger charge is -2.11. The predicted octanol–water partition coefficient (Wildman–Crippen LogP) is 3.77. The zero-order valence-corrected chi connectivity index (χ0v) is 12.7. The third kappa shape index (κ3) is 3.81. The zero-order chi connectivity index (χ0) is 15.2. The van der Waals surface area contributed by atoms with Crippen LogP contribution in [0.2, 0.25) is 0 Å². The number of carbonyl (C=O) groups excluding carboxylic acids is 1. The third-order valence-corrected chi connectivity index (χ3v) is 3.43. The van der Waals surface area contributed by atoms with Crippen LogP contribution in [-0.4, -0.2) is 17.4 Å². The summed E-state index contributed by atoms with van der Waals surface area (Å²) in [5, 5.41) is 6.14. The van der Waals surface area contributed by atoms with Gasteiger partial charge in [0.1, 0.15) is 5.82 Å². The number of pyridine rings is 1. The molecule has 0 unspecified atom stereocenters. The van der Waals surface area contributed by atoms with Crippen molar-refractivity contribution in [2.75, 3.05) is 17.2 Å². The van der Waals surface area contributed by atoms with Gasteiger partial charge in [0, 0.05) is 24.0 Å². The fraction of sp³-hybridized carbons (Fsp3) is 0.294. The monoisotopic (exact) mass is 283 g/mol. The maximum absolute atomic E-state index is 12.3. The van der Waals surface area contributed by atoms with E-state index >= 15 is 0 Å². The number of carbonyl (C=O) groups is 1. The molecule has 0 bridgehead atoms. The fourth-order valence-electron chi connectivity index (χ4n) is 2.00. The van der Waals surface area contributed by atoms with Gasteiger partial charge in [0.15, 0.2) is 0 Å². The van der Waals surface area contributed by atoms with E-state index in [1.165, 1.54) is 0 Å². The van der Waals surface area contributed by atoms with Crippen LogP contribution in [0, 0.1) is 13.8 Å². The summed E-state index contributed by atoms with van der Waals surface area (Å²) in [5.74, 6) is 0.608. The summed E-state index contributed by atoms with van der Waals surface area (Å²) in [6.45, 7) is 6.97. The molecule has 0 spiro atoms. The largest absolute Gasteiger partial charge is 0.370 e. The highest BCUT2D eigenvalue weighted by Crippen LogP contribution is 2.19. The number of nitrogens with one attached hydrogen (secondary N) is 2. The number of nitrogens with zero attached hydrogens (tertiary/aromatic N) is 1. The smallest absolute Gasteiger partial charge is 0.255 e. The topological polar surface area (TPSA) is 54.0 Å². The molecule has 0 saturated heterocycles. The van der Waals surface area contributed by atoms with Crippen molar-refractivity contribution in [1.29, 1.82) is 0 Å². The number of hydrogen-bond acceptors (Lipinski definition) is 3.